The fourth-order valence-electron chi connectivity index (χ4n) is 1.45. The van der Waals surface area contributed by atoms with Crippen molar-refractivity contribution in [2.24, 2.45) is 0 Å². The molecule has 18 heavy (non-hydrogen) atoms. The van der Waals surface area contributed by atoms with Crippen molar-refractivity contribution in [1.82, 2.24) is 14.8 Å². The van der Waals surface area contributed by atoms with Gasteiger partial charge in [0.1, 0.15) is 6.33 Å². The Morgan fingerprint density at radius 2 is 2.11 bits per heavy atom. The van der Waals surface area contributed by atoms with Crippen molar-refractivity contribution in [3.8, 4) is 11.4 Å². The van der Waals surface area contributed by atoms with Gasteiger partial charge in [0.15, 0.2) is 5.82 Å². The number of benzene rings is 1. The molecular formula is C11H12N4O3. The van der Waals surface area contributed by atoms with Crippen molar-refractivity contribution in [2.45, 2.75) is 6.54 Å². The van der Waals surface area contributed by atoms with E-state index < -0.39 is 4.92 Å². The predicted octanol–water partition coefficient (Wildman–Crippen LogP) is 1.50. The van der Waals surface area contributed by atoms with Crippen LogP contribution in [0.25, 0.3) is 11.4 Å². The third-order valence-corrected chi connectivity index (χ3v) is 2.40. The minimum atomic E-state index is -0.436. The lowest BCUT2D eigenvalue weighted by atomic mass is 10.2. The van der Waals surface area contributed by atoms with Gasteiger partial charge in [-0.2, -0.15) is 5.10 Å². The van der Waals surface area contributed by atoms with Crippen LogP contribution in [0.15, 0.2) is 30.6 Å². The van der Waals surface area contributed by atoms with E-state index >= 15 is 0 Å². The molecule has 1 aromatic heterocycles. The average molecular weight is 248 g/mol. The van der Waals surface area contributed by atoms with Crippen molar-refractivity contribution in [1.29, 1.82) is 0 Å². The van der Waals surface area contributed by atoms with Gasteiger partial charge in [0.2, 0.25) is 0 Å². The molecule has 0 amide bonds. The van der Waals surface area contributed by atoms with Crippen LogP contribution in [0.4, 0.5) is 5.69 Å². The highest BCUT2D eigenvalue weighted by atomic mass is 16.6. The van der Waals surface area contributed by atoms with Gasteiger partial charge in [-0.25, -0.2) is 4.98 Å². The summed E-state index contributed by atoms with van der Waals surface area (Å²) in [5, 5.41) is 14.8. The summed E-state index contributed by atoms with van der Waals surface area (Å²) >= 11 is 0. The lowest BCUT2D eigenvalue weighted by molar-refractivity contribution is -0.384. The van der Waals surface area contributed by atoms with Gasteiger partial charge in [-0.05, 0) is 12.1 Å². The number of hydrogen-bond donors (Lipinski definition) is 0. The molecule has 0 aliphatic heterocycles. The first-order valence-corrected chi connectivity index (χ1v) is 5.34. The van der Waals surface area contributed by atoms with Crippen LogP contribution in [0.2, 0.25) is 0 Å². The number of nitro benzene ring substituents is 1. The predicted molar refractivity (Wildman–Crippen MR) is 64.0 cm³/mol. The summed E-state index contributed by atoms with van der Waals surface area (Å²) in [5.74, 6) is 0.543. The van der Waals surface area contributed by atoms with E-state index in [1.165, 1.54) is 12.1 Å². The number of nitro groups is 1. The van der Waals surface area contributed by atoms with Gasteiger partial charge in [-0.3, -0.25) is 14.8 Å². The number of nitrogens with zero attached hydrogens (tertiary/aromatic N) is 4. The molecule has 0 N–H and O–H groups in total. The Bertz CT molecular complexity index is 535. The third-order valence-electron chi connectivity index (χ3n) is 2.40. The summed E-state index contributed by atoms with van der Waals surface area (Å²) in [6.07, 6.45) is 1.61. The summed E-state index contributed by atoms with van der Waals surface area (Å²) in [6.45, 7) is 1.18. The Labute approximate surface area is 103 Å². The van der Waals surface area contributed by atoms with Crippen LogP contribution < -0.4 is 0 Å². The maximum Gasteiger partial charge on any atom is 0.269 e. The van der Waals surface area contributed by atoms with E-state index in [-0.39, 0.29) is 5.69 Å². The Hall–Kier alpha value is -2.28. The Kier molecular flexibility index (Phi) is 3.63. The first kappa shape index (κ1) is 12.2. The molecule has 1 heterocycles. The highest BCUT2D eigenvalue weighted by molar-refractivity contribution is 5.56. The van der Waals surface area contributed by atoms with Crippen LogP contribution in [0.5, 0.6) is 0 Å². The molecule has 2 rings (SSSR count). The van der Waals surface area contributed by atoms with E-state index in [2.05, 4.69) is 10.1 Å². The molecule has 94 valence electrons. The molecular weight excluding hydrogens is 236 g/mol. The zero-order chi connectivity index (χ0) is 13.0. The number of non-ortho nitro benzene ring substituents is 1. The monoisotopic (exact) mass is 248 g/mol. The van der Waals surface area contributed by atoms with Crippen LogP contribution in [0.1, 0.15) is 0 Å². The molecule has 0 spiro atoms. The van der Waals surface area contributed by atoms with Crippen molar-refractivity contribution in [3.63, 3.8) is 0 Å². The molecule has 0 aliphatic rings. The maximum absolute atomic E-state index is 10.5. The number of rotatable bonds is 5. The fraction of sp³-hybridized carbons (Fsp3) is 0.273. The third kappa shape index (κ3) is 2.69. The molecule has 0 radical (unpaired) electrons. The summed E-state index contributed by atoms with van der Waals surface area (Å²) in [7, 11) is 1.62. The van der Waals surface area contributed by atoms with E-state index in [4.69, 9.17) is 4.74 Å². The van der Waals surface area contributed by atoms with Crippen molar-refractivity contribution < 1.29 is 9.66 Å². The van der Waals surface area contributed by atoms with Gasteiger partial charge in [-0.15, -0.1) is 0 Å². The fourth-order valence-corrected chi connectivity index (χ4v) is 1.45. The molecule has 0 saturated heterocycles. The van der Waals surface area contributed by atoms with Crippen molar-refractivity contribution in [2.75, 3.05) is 13.7 Å². The van der Waals surface area contributed by atoms with Crippen LogP contribution >= 0.6 is 0 Å². The van der Waals surface area contributed by atoms with Crippen molar-refractivity contribution in [3.05, 3.63) is 40.7 Å². The number of hydrogen-bond acceptors (Lipinski definition) is 5. The SMILES string of the molecule is COCCn1cnc(-c2ccc([N+](=O)[O-])cc2)n1. The summed E-state index contributed by atoms with van der Waals surface area (Å²) < 4.78 is 6.61. The number of aromatic nitrogens is 3. The van der Waals surface area contributed by atoms with Crippen LogP contribution in [0.3, 0.4) is 0 Å². The molecule has 2 aromatic rings. The Morgan fingerprint density at radius 3 is 2.72 bits per heavy atom. The zero-order valence-corrected chi connectivity index (χ0v) is 9.81. The molecule has 0 aliphatic carbocycles. The lowest BCUT2D eigenvalue weighted by Gasteiger charge is -1.98. The number of ether oxygens (including phenoxy) is 1. The minimum Gasteiger partial charge on any atom is -0.383 e. The van der Waals surface area contributed by atoms with E-state index in [9.17, 15) is 10.1 Å². The van der Waals surface area contributed by atoms with E-state index in [0.717, 1.165) is 5.56 Å². The molecule has 0 unspecified atom stereocenters. The molecule has 7 heteroatoms. The normalized spacial score (nSPS) is 10.5. The first-order valence-electron chi connectivity index (χ1n) is 5.34. The van der Waals surface area contributed by atoms with Crippen molar-refractivity contribution >= 4 is 5.69 Å². The Morgan fingerprint density at radius 1 is 1.39 bits per heavy atom. The Balaban J connectivity index is 2.15. The second-order valence-corrected chi connectivity index (χ2v) is 3.63. The maximum atomic E-state index is 10.5. The van der Waals surface area contributed by atoms with Crippen LogP contribution in [-0.2, 0) is 11.3 Å². The highest BCUT2D eigenvalue weighted by Gasteiger charge is 2.08. The first-order chi connectivity index (χ1) is 8.70. The molecule has 7 nitrogen and oxygen atoms in total. The average Bonchev–Trinajstić information content (AvgIpc) is 2.85. The number of methoxy groups -OCH3 is 1. The smallest absolute Gasteiger partial charge is 0.269 e. The summed E-state index contributed by atoms with van der Waals surface area (Å²) in [4.78, 5) is 14.2. The molecule has 0 saturated carbocycles. The molecule has 1 aromatic carbocycles. The summed E-state index contributed by atoms with van der Waals surface area (Å²) in [5.41, 5.74) is 0.800. The topological polar surface area (TPSA) is 83.1 Å². The van der Waals surface area contributed by atoms with E-state index in [0.29, 0.717) is 19.0 Å². The van der Waals surface area contributed by atoms with Gasteiger partial charge < -0.3 is 4.74 Å². The van der Waals surface area contributed by atoms with Gasteiger partial charge in [-0.1, -0.05) is 0 Å². The highest BCUT2D eigenvalue weighted by Crippen LogP contribution is 2.18. The molecule has 0 bridgehead atoms. The van der Waals surface area contributed by atoms with Crippen LogP contribution in [-0.4, -0.2) is 33.4 Å². The van der Waals surface area contributed by atoms with Gasteiger partial charge >= 0.3 is 0 Å². The van der Waals surface area contributed by atoms with Crippen LogP contribution in [0, 0.1) is 10.1 Å². The second-order valence-electron chi connectivity index (χ2n) is 3.63. The second kappa shape index (κ2) is 5.37. The largest absolute Gasteiger partial charge is 0.383 e. The molecule has 0 fully saturated rings. The van der Waals surface area contributed by atoms with E-state index in [1.807, 2.05) is 0 Å². The zero-order valence-electron chi connectivity index (χ0n) is 9.81. The minimum absolute atomic E-state index is 0.0533. The standard InChI is InChI=1S/C11H12N4O3/c1-18-7-6-14-8-12-11(13-14)9-2-4-10(5-3-9)15(16)17/h2-5,8H,6-7H2,1H3. The molecule has 0 atom stereocenters. The van der Waals surface area contributed by atoms with Gasteiger partial charge in [0.05, 0.1) is 18.1 Å². The van der Waals surface area contributed by atoms with Gasteiger partial charge in [0, 0.05) is 24.8 Å². The van der Waals surface area contributed by atoms with Gasteiger partial charge in [0.25, 0.3) is 5.69 Å². The summed E-state index contributed by atoms with van der Waals surface area (Å²) in [6, 6.07) is 6.14. The van der Waals surface area contributed by atoms with E-state index in [1.54, 1.807) is 30.3 Å². The quantitative estimate of drug-likeness (QED) is 0.591. The lowest BCUT2D eigenvalue weighted by Crippen LogP contribution is -2.04.